The number of carboxylic acids is 1. The van der Waals surface area contributed by atoms with Gasteiger partial charge >= 0.3 is 5.97 Å². The van der Waals surface area contributed by atoms with Gasteiger partial charge in [-0.2, -0.15) is 0 Å². The summed E-state index contributed by atoms with van der Waals surface area (Å²) in [6, 6.07) is 19.2. The number of para-hydroxylation sites is 1. The van der Waals surface area contributed by atoms with E-state index in [1.54, 1.807) is 4.68 Å². The van der Waals surface area contributed by atoms with Crippen molar-refractivity contribution in [1.29, 1.82) is 0 Å². The highest BCUT2D eigenvalue weighted by Gasteiger charge is 2.33. The summed E-state index contributed by atoms with van der Waals surface area (Å²) in [6.07, 6.45) is 2.21. The fraction of sp³-hybridized carbons (Fsp3) is 0.367. The summed E-state index contributed by atoms with van der Waals surface area (Å²) in [5.74, 6) is -0.0979. The molecule has 7 nitrogen and oxygen atoms in total. The van der Waals surface area contributed by atoms with Crippen LogP contribution in [0.1, 0.15) is 65.1 Å². The first-order valence-electron chi connectivity index (χ1n) is 13.0. The lowest BCUT2D eigenvalue weighted by atomic mass is 9.84. The molecule has 7 heteroatoms. The van der Waals surface area contributed by atoms with E-state index in [1.807, 2.05) is 32.2 Å². The monoisotopic (exact) mass is 496 g/mol. The standard InChI is InChI=1S/C30H32N4O3/c1-18-16-34(17-22-6-4-5-7-28(22)37-18)26-12-10-20-8-9-21(14-25(20)26)24(15-29(35)36)23-11-13-27-30(19(23)2)31-32-33(27)3/h4-9,11,13-14,18,24,26H,10,12,15-17H2,1-3H3,(H,35,36)/t18-,24?,26?/m1/s1. The number of ether oxygens (including phenoxy) is 1. The Hall–Kier alpha value is -3.71. The predicted molar refractivity (Wildman–Crippen MR) is 142 cm³/mol. The van der Waals surface area contributed by atoms with E-state index >= 15 is 0 Å². The maximum Gasteiger partial charge on any atom is 0.304 e. The second-order valence-electron chi connectivity index (χ2n) is 10.5. The maximum absolute atomic E-state index is 12.0. The van der Waals surface area contributed by atoms with Crippen molar-refractivity contribution in [3.05, 3.63) is 88.0 Å². The van der Waals surface area contributed by atoms with Gasteiger partial charge < -0.3 is 9.84 Å². The average Bonchev–Trinajstić information content (AvgIpc) is 3.42. The fourth-order valence-electron chi connectivity index (χ4n) is 6.26. The summed E-state index contributed by atoms with van der Waals surface area (Å²) in [5.41, 5.74) is 8.69. The van der Waals surface area contributed by atoms with E-state index in [2.05, 4.69) is 58.5 Å². The van der Waals surface area contributed by atoms with Crippen LogP contribution in [0.5, 0.6) is 5.75 Å². The summed E-state index contributed by atoms with van der Waals surface area (Å²) >= 11 is 0. The molecular weight excluding hydrogens is 464 g/mol. The second-order valence-corrected chi connectivity index (χ2v) is 10.5. The zero-order valence-electron chi connectivity index (χ0n) is 21.5. The lowest BCUT2D eigenvalue weighted by Gasteiger charge is -2.30. The van der Waals surface area contributed by atoms with E-state index in [0.29, 0.717) is 0 Å². The van der Waals surface area contributed by atoms with E-state index in [0.717, 1.165) is 59.4 Å². The van der Waals surface area contributed by atoms with E-state index in [1.165, 1.54) is 16.7 Å². The number of hydrogen-bond acceptors (Lipinski definition) is 5. The molecule has 0 spiro atoms. The molecule has 1 aromatic heterocycles. The van der Waals surface area contributed by atoms with Crippen molar-refractivity contribution in [1.82, 2.24) is 19.9 Å². The molecule has 1 N–H and O–H groups in total. The molecule has 3 aromatic carbocycles. The number of aromatic nitrogens is 3. The topological polar surface area (TPSA) is 80.5 Å². The van der Waals surface area contributed by atoms with Gasteiger partial charge in [0.15, 0.2) is 0 Å². The van der Waals surface area contributed by atoms with Gasteiger partial charge in [0.1, 0.15) is 17.4 Å². The Bertz CT molecular complexity index is 1490. The number of fused-ring (bicyclic) bond motifs is 3. The Morgan fingerprint density at radius 2 is 2.00 bits per heavy atom. The summed E-state index contributed by atoms with van der Waals surface area (Å²) in [6.45, 7) is 5.85. The first-order valence-corrected chi connectivity index (χ1v) is 13.0. The molecular formula is C30H32N4O3. The summed E-state index contributed by atoms with van der Waals surface area (Å²) in [5, 5.41) is 18.4. The van der Waals surface area contributed by atoms with Gasteiger partial charge in [-0.05, 0) is 66.6 Å². The number of aliphatic carboxylic acids is 1. The number of nitrogens with zero attached hydrogens (tertiary/aromatic N) is 4. The van der Waals surface area contributed by atoms with Gasteiger partial charge in [-0.1, -0.05) is 47.7 Å². The van der Waals surface area contributed by atoms with Crippen LogP contribution >= 0.6 is 0 Å². The molecule has 3 atom stereocenters. The first kappa shape index (κ1) is 23.7. The highest BCUT2D eigenvalue weighted by atomic mass is 16.5. The Balaban J connectivity index is 1.39. The van der Waals surface area contributed by atoms with Gasteiger partial charge in [-0.15, -0.1) is 5.10 Å². The SMILES string of the molecule is Cc1c(C(CC(=O)O)c2ccc3c(c2)C(N2Cc4ccccc4O[C@H](C)C2)CC3)ccc2c1nnn2C. The molecule has 1 aliphatic heterocycles. The summed E-state index contributed by atoms with van der Waals surface area (Å²) < 4.78 is 7.98. The molecule has 0 fully saturated rings. The van der Waals surface area contributed by atoms with Gasteiger partial charge in [0.05, 0.1) is 11.9 Å². The zero-order chi connectivity index (χ0) is 25.7. The summed E-state index contributed by atoms with van der Waals surface area (Å²) in [4.78, 5) is 14.6. The molecule has 4 aromatic rings. The molecule has 37 heavy (non-hydrogen) atoms. The van der Waals surface area contributed by atoms with Crippen molar-refractivity contribution in [3.63, 3.8) is 0 Å². The molecule has 190 valence electrons. The van der Waals surface area contributed by atoms with Gasteiger partial charge in [0.2, 0.25) is 0 Å². The third kappa shape index (κ3) is 4.27. The predicted octanol–water partition coefficient (Wildman–Crippen LogP) is 5.15. The Labute approximate surface area is 216 Å². The third-order valence-electron chi connectivity index (χ3n) is 8.06. The number of carboxylic acid groups (broad SMARTS) is 1. The molecule has 2 heterocycles. The molecule has 0 amide bonds. The van der Waals surface area contributed by atoms with Crippen LogP contribution < -0.4 is 4.74 Å². The number of rotatable bonds is 5. The van der Waals surface area contributed by atoms with Gasteiger partial charge in [0, 0.05) is 37.7 Å². The number of carbonyl (C=O) groups is 1. The van der Waals surface area contributed by atoms with Crippen LogP contribution in [0.15, 0.2) is 54.6 Å². The lowest BCUT2D eigenvalue weighted by Crippen LogP contribution is -2.33. The van der Waals surface area contributed by atoms with E-state index < -0.39 is 5.97 Å². The van der Waals surface area contributed by atoms with Crippen LogP contribution in [-0.2, 0) is 24.8 Å². The normalized spacial score (nSPS) is 20.2. The average molecular weight is 497 g/mol. The zero-order valence-corrected chi connectivity index (χ0v) is 21.5. The molecule has 0 saturated carbocycles. The van der Waals surface area contributed by atoms with Crippen LogP contribution in [0.3, 0.4) is 0 Å². The number of aryl methyl sites for hydroxylation is 3. The van der Waals surface area contributed by atoms with Crippen molar-refractivity contribution in [3.8, 4) is 5.75 Å². The minimum atomic E-state index is -0.809. The highest BCUT2D eigenvalue weighted by molar-refractivity contribution is 5.80. The molecule has 0 bridgehead atoms. The van der Waals surface area contributed by atoms with Crippen molar-refractivity contribution in [2.45, 2.75) is 57.7 Å². The molecule has 0 radical (unpaired) electrons. The van der Waals surface area contributed by atoms with E-state index in [9.17, 15) is 9.90 Å². The molecule has 2 aliphatic rings. The first-order chi connectivity index (χ1) is 17.9. The Morgan fingerprint density at radius 3 is 2.84 bits per heavy atom. The van der Waals surface area contributed by atoms with E-state index in [4.69, 9.17) is 4.74 Å². The smallest absolute Gasteiger partial charge is 0.304 e. The fourth-order valence-corrected chi connectivity index (χ4v) is 6.26. The lowest BCUT2D eigenvalue weighted by molar-refractivity contribution is -0.137. The molecule has 0 saturated heterocycles. The van der Waals surface area contributed by atoms with Crippen LogP contribution in [0.2, 0.25) is 0 Å². The molecule has 2 unspecified atom stereocenters. The quantitative estimate of drug-likeness (QED) is 0.411. The van der Waals surface area contributed by atoms with Gasteiger partial charge in [-0.3, -0.25) is 9.69 Å². The minimum absolute atomic E-state index is 0.0258. The van der Waals surface area contributed by atoms with Crippen LogP contribution in [-0.4, -0.2) is 43.6 Å². The van der Waals surface area contributed by atoms with Crippen molar-refractivity contribution < 1.29 is 14.6 Å². The second kappa shape index (κ2) is 9.30. The van der Waals surface area contributed by atoms with Crippen molar-refractivity contribution in [2.75, 3.05) is 6.54 Å². The van der Waals surface area contributed by atoms with Crippen molar-refractivity contribution >= 4 is 17.0 Å². The van der Waals surface area contributed by atoms with Crippen LogP contribution in [0.4, 0.5) is 0 Å². The number of benzene rings is 3. The van der Waals surface area contributed by atoms with Gasteiger partial charge in [0.25, 0.3) is 0 Å². The minimum Gasteiger partial charge on any atom is -0.489 e. The van der Waals surface area contributed by atoms with Crippen molar-refractivity contribution in [2.24, 2.45) is 7.05 Å². The molecule has 6 rings (SSSR count). The summed E-state index contributed by atoms with van der Waals surface area (Å²) in [7, 11) is 1.87. The Morgan fingerprint density at radius 1 is 1.16 bits per heavy atom. The highest BCUT2D eigenvalue weighted by Crippen LogP contribution is 2.42. The van der Waals surface area contributed by atoms with E-state index in [-0.39, 0.29) is 24.5 Å². The largest absolute Gasteiger partial charge is 0.489 e. The molecule has 1 aliphatic carbocycles. The van der Waals surface area contributed by atoms with Crippen LogP contribution in [0.25, 0.3) is 11.0 Å². The Kier molecular flexibility index (Phi) is 5.95. The van der Waals surface area contributed by atoms with Crippen LogP contribution in [0, 0.1) is 6.92 Å². The van der Waals surface area contributed by atoms with Gasteiger partial charge in [-0.25, -0.2) is 4.68 Å². The number of hydrogen-bond donors (Lipinski definition) is 1. The third-order valence-corrected chi connectivity index (χ3v) is 8.06. The maximum atomic E-state index is 12.0.